The lowest BCUT2D eigenvalue weighted by molar-refractivity contribution is -0.384. The molecule has 3 rings (SSSR count). The van der Waals surface area contributed by atoms with Crippen molar-refractivity contribution in [3.05, 3.63) is 61.2 Å². The van der Waals surface area contributed by atoms with Crippen molar-refractivity contribution in [1.29, 1.82) is 0 Å². The van der Waals surface area contributed by atoms with Crippen molar-refractivity contribution < 1.29 is 4.92 Å². The standard InChI is InChI=1S/C14H11N3O3S2/c1-8-6-21-13-11(8)12(18)15-14(16-13)22-7-9-2-4-10(5-3-9)17(19)20/h2-6H,7H2,1H3,(H,15,16,18). The summed E-state index contributed by atoms with van der Waals surface area (Å²) in [5.74, 6) is 0.580. The van der Waals surface area contributed by atoms with Gasteiger partial charge in [0.1, 0.15) is 4.83 Å². The molecule has 2 heterocycles. The molecule has 0 aliphatic carbocycles. The molecule has 6 nitrogen and oxygen atoms in total. The highest BCUT2D eigenvalue weighted by Gasteiger charge is 2.09. The number of nitro benzene ring substituents is 1. The number of benzene rings is 1. The van der Waals surface area contributed by atoms with Crippen molar-refractivity contribution in [3.63, 3.8) is 0 Å². The maximum Gasteiger partial charge on any atom is 0.269 e. The molecule has 22 heavy (non-hydrogen) atoms. The summed E-state index contributed by atoms with van der Waals surface area (Å²) in [4.78, 5) is 30.2. The molecule has 0 saturated heterocycles. The number of thioether (sulfide) groups is 1. The number of H-pyrrole nitrogens is 1. The van der Waals surface area contributed by atoms with E-state index < -0.39 is 4.92 Å². The van der Waals surface area contributed by atoms with Gasteiger partial charge in [0.15, 0.2) is 5.16 Å². The lowest BCUT2D eigenvalue weighted by Gasteiger charge is -2.02. The number of aryl methyl sites for hydroxylation is 1. The number of thiophene rings is 1. The summed E-state index contributed by atoms with van der Waals surface area (Å²) in [5, 5.41) is 13.7. The average Bonchev–Trinajstić information content (AvgIpc) is 2.87. The third-order valence-corrected chi connectivity index (χ3v) is 5.06. The van der Waals surface area contributed by atoms with Gasteiger partial charge in [-0.05, 0) is 23.4 Å². The molecular formula is C14H11N3O3S2. The van der Waals surface area contributed by atoms with Crippen molar-refractivity contribution in [3.8, 4) is 0 Å². The van der Waals surface area contributed by atoms with Crippen LogP contribution in [0.1, 0.15) is 11.1 Å². The van der Waals surface area contributed by atoms with Crippen molar-refractivity contribution in [2.45, 2.75) is 17.8 Å². The Bertz CT molecular complexity index is 900. The molecule has 0 atom stereocenters. The Kier molecular flexibility index (Phi) is 3.95. The summed E-state index contributed by atoms with van der Waals surface area (Å²) >= 11 is 2.85. The third-order valence-electron chi connectivity index (χ3n) is 3.13. The second-order valence-electron chi connectivity index (χ2n) is 4.68. The first kappa shape index (κ1) is 14.7. The van der Waals surface area contributed by atoms with E-state index >= 15 is 0 Å². The number of hydrogen-bond donors (Lipinski definition) is 1. The first-order valence-corrected chi connectivity index (χ1v) is 8.25. The Morgan fingerprint density at radius 2 is 2.09 bits per heavy atom. The molecule has 0 radical (unpaired) electrons. The molecule has 8 heteroatoms. The molecule has 0 unspecified atom stereocenters. The maximum absolute atomic E-state index is 12.0. The minimum absolute atomic E-state index is 0.0655. The number of rotatable bonds is 4. The quantitative estimate of drug-likeness (QED) is 0.342. The van der Waals surface area contributed by atoms with Crippen LogP contribution in [0.25, 0.3) is 10.2 Å². The highest BCUT2D eigenvalue weighted by atomic mass is 32.2. The van der Waals surface area contributed by atoms with Gasteiger partial charge in [0.2, 0.25) is 0 Å². The van der Waals surface area contributed by atoms with E-state index in [2.05, 4.69) is 9.97 Å². The Labute approximate surface area is 133 Å². The number of aromatic nitrogens is 2. The molecule has 2 aromatic heterocycles. The first-order valence-electron chi connectivity index (χ1n) is 6.39. The zero-order chi connectivity index (χ0) is 15.7. The molecule has 0 fully saturated rings. The zero-order valence-electron chi connectivity index (χ0n) is 11.5. The van der Waals surface area contributed by atoms with Crippen molar-refractivity contribution >= 4 is 39.0 Å². The number of non-ortho nitro benzene ring substituents is 1. The highest BCUT2D eigenvalue weighted by Crippen LogP contribution is 2.25. The molecule has 0 aliphatic rings. The average molecular weight is 333 g/mol. The van der Waals surface area contributed by atoms with Gasteiger partial charge in [0, 0.05) is 17.9 Å². The number of aromatic amines is 1. The number of fused-ring (bicyclic) bond motifs is 1. The monoisotopic (exact) mass is 333 g/mol. The van der Waals surface area contributed by atoms with Gasteiger partial charge in [-0.2, -0.15) is 0 Å². The maximum atomic E-state index is 12.0. The van der Waals surface area contributed by atoms with E-state index in [1.165, 1.54) is 35.2 Å². The minimum Gasteiger partial charge on any atom is -0.301 e. The lowest BCUT2D eigenvalue weighted by Crippen LogP contribution is -2.08. The van der Waals surface area contributed by atoms with Crippen LogP contribution in [0.3, 0.4) is 0 Å². The fourth-order valence-electron chi connectivity index (χ4n) is 2.00. The summed E-state index contributed by atoms with van der Waals surface area (Å²) < 4.78 is 0. The Balaban J connectivity index is 1.79. The normalized spacial score (nSPS) is 11.0. The van der Waals surface area contributed by atoms with Gasteiger partial charge < -0.3 is 4.98 Å². The van der Waals surface area contributed by atoms with Crippen LogP contribution in [0, 0.1) is 17.0 Å². The van der Waals surface area contributed by atoms with Gasteiger partial charge in [-0.15, -0.1) is 11.3 Å². The SMILES string of the molecule is Cc1csc2nc(SCc3ccc([N+](=O)[O-])cc3)[nH]c(=O)c12. The highest BCUT2D eigenvalue weighted by molar-refractivity contribution is 7.98. The summed E-state index contributed by atoms with van der Waals surface area (Å²) in [5.41, 5.74) is 1.80. The van der Waals surface area contributed by atoms with Crippen LogP contribution in [0.5, 0.6) is 0 Å². The van der Waals surface area contributed by atoms with Gasteiger partial charge >= 0.3 is 0 Å². The number of nitrogens with zero attached hydrogens (tertiary/aromatic N) is 2. The smallest absolute Gasteiger partial charge is 0.269 e. The fraction of sp³-hybridized carbons (Fsp3) is 0.143. The molecule has 112 valence electrons. The molecule has 0 amide bonds. The van der Waals surface area contributed by atoms with Gasteiger partial charge in [0.25, 0.3) is 11.2 Å². The van der Waals surface area contributed by atoms with E-state index in [1.807, 2.05) is 12.3 Å². The van der Waals surface area contributed by atoms with Crippen molar-refractivity contribution in [2.75, 3.05) is 0 Å². The van der Waals surface area contributed by atoms with Crippen LogP contribution in [-0.4, -0.2) is 14.9 Å². The van der Waals surface area contributed by atoms with Crippen molar-refractivity contribution in [2.24, 2.45) is 0 Å². The Morgan fingerprint density at radius 1 is 1.36 bits per heavy atom. The zero-order valence-corrected chi connectivity index (χ0v) is 13.2. The predicted molar refractivity (Wildman–Crippen MR) is 87.6 cm³/mol. The van der Waals surface area contributed by atoms with E-state index in [-0.39, 0.29) is 11.2 Å². The van der Waals surface area contributed by atoms with E-state index in [0.29, 0.717) is 16.3 Å². The van der Waals surface area contributed by atoms with Crippen LogP contribution in [0.4, 0.5) is 5.69 Å². The molecule has 1 N–H and O–H groups in total. The molecular weight excluding hydrogens is 322 g/mol. The molecule has 0 aliphatic heterocycles. The van der Waals surface area contributed by atoms with Crippen LogP contribution >= 0.6 is 23.1 Å². The van der Waals surface area contributed by atoms with Crippen LogP contribution < -0.4 is 5.56 Å². The Hall–Kier alpha value is -2.19. The Morgan fingerprint density at radius 3 is 2.77 bits per heavy atom. The topological polar surface area (TPSA) is 88.9 Å². The van der Waals surface area contributed by atoms with Crippen LogP contribution in [0.15, 0.2) is 39.6 Å². The largest absolute Gasteiger partial charge is 0.301 e. The second-order valence-corrected chi connectivity index (χ2v) is 6.50. The lowest BCUT2D eigenvalue weighted by atomic mass is 10.2. The van der Waals surface area contributed by atoms with Gasteiger partial charge in [-0.1, -0.05) is 23.9 Å². The summed E-state index contributed by atoms with van der Waals surface area (Å²) in [7, 11) is 0. The molecule has 0 saturated carbocycles. The van der Waals surface area contributed by atoms with Gasteiger partial charge in [-0.3, -0.25) is 14.9 Å². The number of nitrogens with one attached hydrogen (secondary N) is 1. The molecule has 3 aromatic rings. The van der Waals surface area contributed by atoms with E-state index in [0.717, 1.165) is 16.0 Å². The molecule has 0 spiro atoms. The number of nitro groups is 1. The van der Waals surface area contributed by atoms with Crippen LogP contribution in [-0.2, 0) is 5.75 Å². The second kappa shape index (κ2) is 5.90. The summed E-state index contributed by atoms with van der Waals surface area (Å²) in [6, 6.07) is 6.35. The molecule has 0 bridgehead atoms. The van der Waals surface area contributed by atoms with E-state index in [1.54, 1.807) is 12.1 Å². The summed E-state index contributed by atoms with van der Waals surface area (Å²) in [6.45, 7) is 1.89. The van der Waals surface area contributed by atoms with Crippen LogP contribution in [0.2, 0.25) is 0 Å². The third kappa shape index (κ3) is 2.88. The summed E-state index contributed by atoms with van der Waals surface area (Å²) in [6.07, 6.45) is 0. The van der Waals surface area contributed by atoms with E-state index in [4.69, 9.17) is 0 Å². The van der Waals surface area contributed by atoms with Gasteiger partial charge in [-0.25, -0.2) is 4.98 Å². The fourth-order valence-corrected chi connectivity index (χ4v) is 3.80. The molecule has 1 aromatic carbocycles. The number of hydrogen-bond acceptors (Lipinski definition) is 6. The van der Waals surface area contributed by atoms with Gasteiger partial charge in [0.05, 0.1) is 10.3 Å². The van der Waals surface area contributed by atoms with E-state index in [9.17, 15) is 14.9 Å². The first-order chi connectivity index (χ1) is 10.5. The minimum atomic E-state index is -0.428. The van der Waals surface area contributed by atoms with Crippen molar-refractivity contribution in [1.82, 2.24) is 9.97 Å². The predicted octanol–water partition coefficient (Wildman–Crippen LogP) is 3.49.